The number of hydrogen-bond acceptors (Lipinski definition) is 3. The van der Waals surface area contributed by atoms with E-state index in [9.17, 15) is 8.42 Å². The van der Waals surface area contributed by atoms with Crippen LogP contribution >= 0.6 is 0 Å². The molecule has 0 unspecified atom stereocenters. The van der Waals surface area contributed by atoms with E-state index >= 15 is 0 Å². The monoisotopic (exact) mass is 325 g/mol. The molecule has 0 saturated heterocycles. The molecule has 1 aromatic carbocycles. The molecule has 1 fully saturated rings. The van der Waals surface area contributed by atoms with Gasteiger partial charge >= 0.3 is 0 Å². The van der Waals surface area contributed by atoms with Gasteiger partial charge in [-0.3, -0.25) is 0 Å². The fourth-order valence-electron chi connectivity index (χ4n) is 3.02. The Morgan fingerprint density at radius 3 is 2.50 bits per heavy atom. The van der Waals surface area contributed by atoms with Crippen LogP contribution in [0.25, 0.3) is 0 Å². The maximum absolute atomic E-state index is 12.8. The molecule has 1 aliphatic carbocycles. The minimum absolute atomic E-state index is 0.0196. The van der Waals surface area contributed by atoms with Gasteiger partial charge in [-0.1, -0.05) is 39.7 Å². The summed E-state index contributed by atoms with van der Waals surface area (Å²) in [5.41, 5.74) is 0.998. The first-order valence-electron chi connectivity index (χ1n) is 8.05. The maximum atomic E-state index is 12.8. The second-order valence-corrected chi connectivity index (χ2v) is 8.24. The van der Waals surface area contributed by atoms with Crippen LogP contribution < -0.4 is 9.46 Å². The van der Waals surface area contributed by atoms with Crippen molar-refractivity contribution >= 4 is 10.0 Å². The first-order chi connectivity index (χ1) is 10.3. The lowest BCUT2D eigenvalue weighted by Crippen LogP contribution is -2.41. The summed E-state index contributed by atoms with van der Waals surface area (Å²) >= 11 is 0. The number of rotatable bonds is 5. The smallest absolute Gasteiger partial charge is 0.244 e. The van der Waals surface area contributed by atoms with Crippen molar-refractivity contribution in [2.24, 2.45) is 5.92 Å². The molecule has 0 aliphatic heterocycles. The predicted molar refractivity (Wildman–Crippen MR) is 88.8 cm³/mol. The maximum Gasteiger partial charge on any atom is 0.244 e. The summed E-state index contributed by atoms with van der Waals surface area (Å²) in [5.74, 6) is 1.05. The highest BCUT2D eigenvalue weighted by Crippen LogP contribution is 2.30. The first kappa shape index (κ1) is 17.3. The summed E-state index contributed by atoms with van der Waals surface area (Å²) in [6.45, 7) is 6.22. The van der Waals surface area contributed by atoms with Gasteiger partial charge in [-0.05, 0) is 42.4 Å². The van der Waals surface area contributed by atoms with E-state index in [0.717, 1.165) is 24.8 Å². The standard InChI is InChI=1S/C17H27NO3S/c1-12(2)14-9-10-16(21-4)17(11-14)22(19,20)18-15-8-6-5-7-13(15)3/h9-13,15,18H,5-8H2,1-4H3/t13-,15-/m1/s1. The van der Waals surface area contributed by atoms with Crippen LogP contribution in [-0.4, -0.2) is 21.6 Å². The van der Waals surface area contributed by atoms with Crippen molar-refractivity contribution in [3.63, 3.8) is 0 Å². The first-order valence-corrected chi connectivity index (χ1v) is 9.53. The number of sulfonamides is 1. The average Bonchev–Trinajstić information content (AvgIpc) is 2.48. The van der Waals surface area contributed by atoms with Gasteiger partial charge in [0.1, 0.15) is 10.6 Å². The van der Waals surface area contributed by atoms with E-state index in [-0.39, 0.29) is 16.9 Å². The van der Waals surface area contributed by atoms with Crippen molar-refractivity contribution in [1.29, 1.82) is 0 Å². The molecule has 2 atom stereocenters. The van der Waals surface area contributed by atoms with Crippen molar-refractivity contribution in [1.82, 2.24) is 4.72 Å². The molecule has 0 aromatic heterocycles. The summed E-state index contributed by atoms with van der Waals surface area (Å²) in [7, 11) is -2.06. The SMILES string of the molecule is COc1ccc(C(C)C)cc1S(=O)(=O)N[C@@H]1CCCC[C@H]1C. The Bertz CT molecular complexity index is 610. The fraction of sp³-hybridized carbons (Fsp3) is 0.647. The van der Waals surface area contributed by atoms with Crippen LogP contribution in [0.5, 0.6) is 5.75 Å². The van der Waals surface area contributed by atoms with E-state index in [1.807, 2.05) is 6.07 Å². The van der Waals surface area contributed by atoms with Crippen molar-refractivity contribution in [2.45, 2.75) is 63.3 Å². The third-order valence-corrected chi connectivity index (χ3v) is 6.07. The Morgan fingerprint density at radius 1 is 1.23 bits per heavy atom. The third-order valence-electron chi connectivity index (χ3n) is 4.56. The van der Waals surface area contributed by atoms with Gasteiger partial charge in [0.05, 0.1) is 7.11 Å². The molecule has 22 heavy (non-hydrogen) atoms. The topological polar surface area (TPSA) is 55.4 Å². The molecule has 5 heteroatoms. The van der Waals surface area contributed by atoms with E-state index in [4.69, 9.17) is 4.74 Å². The van der Waals surface area contributed by atoms with Crippen LogP contribution in [0.15, 0.2) is 23.1 Å². The molecule has 1 saturated carbocycles. The highest BCUT2D eigenvalue weighted by Gasteiger charge is 2.28. The molecule has 0 radical (unpaired) electrons. The summed E-state index contributed by atoms with van der Waals surface area (Å²) < 4.78 is 33.8. The highest BCUT2D eigenvalue weighted by atomic mass is 32.2. The molecule has 0 spiro atoms. The number of nitrogens with one attached hydrogen (secondary N) is 1. The molecule has 0 bridgehead atoms. The number of benzene rings is 1. The van der Waals surface area contributed by atoms with Gasteiger partial charge in [0.2, 0.25) is 10.0 Å². The highest BCUT2D eigenvalue weighted by molar-refractivity contribution is 7.89. The Morgan fingerprint density at radius 2 is 1.91 bits per heavy atom. The van der Waals surface area contributed by atoms with Crippen molar-refractivity contribution in [3.05, 3.63) is 23.8 Å². The lowest BCUT2D eigenvalue weighted by Gasteiger charge is -2.29. The van der Waals surface area contributed by atoms with E-state index < -0.39 is 10.0 Å². The van der Waals surface area contributed by atoms with E-state index in [2.05, 4.69) is 25.5 Å². The molecule has 1 aromatic rings. The Kier molecular flexibility index (Phi) is 5.50. The van der Waals surface area contributed by atoms with Crippen molar-refractivity contribution < 1.29 is 13.2 Å². The van der Waals surface area contributed by atoms with E-state index in [0.29, 0.717) is 11.7 Å². The number of methoxy groups -OCH3 is 1. The van der Waals surface area contributed by atoms with Gasteiger partial charge in [0.15, 0.2) is 0 Å². The summed E-state index contributed by atoms with van der Waals surface area (Å²) in [6.07, 6.45) is 4.26. The zero-order chi connectivity index (χ0) is 16.3. The second-order valence-electron chi connectivity index (χ2n) is 6.55. The van der Waals surface area contributed by atoms with Gasteiger partial charge in [-0.25, -0.2) is 13.1 Å². The minimum Gasteiger partial charge on any atom is -0.495 e. The van der Waals surface area contributed by atoms with Crippen LogP contribution in [0.4, 0.5) is 0 Å². The largest absolute Gasteiger partial charge is 0.495 e. The zero-order valence-corrected chi connectivity index (χ0v) is 14.7. The molecule has 0 amide bonds. The zero-order valence-electron chi connectivity index (χ0n) is 13.9. The molecule has 0 heterocycles. The average molecular weight is 325 g/mol. The van der Waals surface area contributed by atoms with Gasteiger partial charge in [0.25, 0.3) is 0 Å². The van der Waals surface area contributed by atoms with E-state index in [1.54, 1.807) is 12.1 Å². The Labute approximate surface area is 134 Å². The second kappa shape index (κ2) is 7.01. The van der Waals surface area contributed by atoms with Crippen LogP contribution in [0.1, 0.15) is 57.9 Å². The molecular formula is C17H27NO3S. The number of hydrogen-bond donors (Lipinski definition) is 1. The quantitative estimate of drug-likeness (QED) is 0.898. The Balaban J connectivity index is 2.33. The van der Waals surface area contributed by atoms with Crippen LogP contribution in [0, 0.1) is 5.92 Å². The minimum atomic E-state index is -3.57. The summed E-state index contributed by atoms with van der Waals surface area (Å²) in [5, 5.41) is 0. The van der Waals surface area contributed by atoms with Crippen molar-refractivity contribution in [2.75, 3.05) is 7.11 Å². The normalized spacial score (nSPS) is 22.8. The van der Waals surface area contributed by atoms with Crippen molar-refractivity contribution in [3.8, 4) is 5.75 Å². The summed E-state index contributed by atoms with van der Waals surface area (Å²) in [6, 6.07) is 5.42. The molecule has 4 nitrogen and oxygen atoms in total. The lowest BCUT2D eigenvalue weighted by atomic mass is 9.87. The Hall–Kier alpha value is -1.07. The summed E-state index contributed by atoms with van der Waals surface area (Å²) in [4.78, 5) is 0.249. The fourth-order valence-corrected chi connectivity index (χ4v) is 4.60. The number of ether oxygens (including phenoxy) is 1. The van der Waals surface area contributed by atoms with E-state index in [1.165, 1.54) is 13.5 Å². The van der Waals surface area contributed by atoms with Crippen LogP contribution in [-0.2, 0) is 10.0 Å². The van der Waals surface area contributed by atoms with Gasteiger partial charge in [-0.15, -0.1) is 0 Å². The lowest BCUT2D eigenvalue weighted by molar-refractivity contribution is 0.310. The molecule has 2 rings (SSSR count). The van der Waals surface area contributed by atoms with Gasteiger partial charge < -0.3 is 4.74 Å². The molecule has 1 N–H and O–H groups in total. The van der Waals surface area contributed by atoms with Gasteiger partial charge in [0, 0.05) is 6.04 Å². The van der Waals surface area contributed by atoms with Gasteiger partial charge in [-0.2, -0.15) is 0 Å². The van der Waals surface area contributed by atoms with Crippen LogP contribution in [0.3, 0.4) is 0 Å². The predicted octanol–water partition coefficient (Wildman–Crippen LogP) is 3.68. The molecule has 124 valence electrons. The molecule has 1 aliphatic rings. The third kappa shape index (κ3) is 3.82. The van der Waals surface area contributed by atoms with Crippen LogP contribution in [0.2, 0.25) is 0 Å². The molecular weight excluding hydrogens is 298 g/mol.